The number of hydrogen-bond acceptors (Lipinski definition) is 3. The quantitative estimate of drug-likeness (QED) is 0.762. The summed E-state index contributed by atoms with van der Waals surface area (Å²) in [5, 5.41) is 3.84. The molecule has 1 aliphatic heterocycles. The molecule has 0 bridgehead atoms. The van der Waals surface area contributed by atoms with Crippen LogP contribution in [-0.2, 0) is 10.8 Å². The van der Waals surface area contributed by atoms with Crippen molar-refractivity contribution in [3.63, 3.8) is 0 Å². The molecule has 0 amide bonds. The molecule has 0 spiro atoms. The maximum absolute atomic E-state index is 11.2. The number of hydrogen-bond donors (Lipinski definition) is 1. The Morgan fingerprint density at radius 1 is 1.60 bits per heavy atom. The van der Waals surface area contributed by atoms with Crippen LogP contribution < -0.4 is 5.32 Å². The highest BCUT2D eigenvalue weighted by atomic mass is 32.2. The first-order chi connectivity index (χ1) is 7.13. The molecular formula is C11H24N2OS. The van der Waals surface area contributed by atoms with Crippen LogP contribution in [-0.4, -0.2) is 52.8 Å². The lowest BCUT2D eigenvalue weighted by Gasteiger charge is -2.33. The van der Waals surface area contributed by atoms with E-state index in [1.807, 2.05) is 0 Å². The zero-order chi connectivity index (χ0) is 11.3. The van der Waals surface area contributed by atoms with Gasteiger partial charge in [-0.25, -0.2) is 0 Å². The van der Waals surface area contributed by atoms with Crippen LogP contribution in [0.15, 0.2) is 0 Å². The molecule has 0 radical (unpaired) electrons. The molecule has 1 aliphatic rings. The van der Waals surface area contributed by atoms with E-state index in [-0.39, 0.29) is 0 Å². The molecule has 1 saturated heterocycles. The predicted molar refractivity (Wildman–Crippen MR) is 66.7 cm³/mol. The third kappa shape index (κ3) is 4.62. The number of rotatable bonds is 5. The molecule has 1 heterocycles. The summed E-state index contributed by atoms with van der Waals surface area (Å²) in [7, 11) is -0.667. The number of nitrogens with zero attached hydrogens (tertiary/aromatic N) is 1. The second-order valence-corrected chi connectivity index (χ2v) is 6.26. The largest absolute Gasteiger partial charge is 0.311 e. The standard InChI is InChI=1S/C11H24N2OS/c1-4-11-9-13(8-6-12-11)7-5-10(2)15(3)14/h10-12H,4-9H2,1-3H3. The van der Waals surface area contributed by atoms with E-state index < -0.39 is 10.8 Å². The van der Waals surface area contributed by atoms with Gasteiger partial charge in [0, 0.05) is 48.0 Å². The molecule has 0 aliphatic carbocycles. The van der Waals surface area contributed by atoms with Crippen molar-refractivity contribution in [2.75, 3.05) is 32.4 Å². The smallest absolute Gasteiger partial charge is 0.0329 e. The molecule has 3 nitrogen and oxygen atoms in total. The van der Waals surface area contributed by atoms with Crippen LogP contribution in [0.4, 0.5) is 0 Å². The van der Waals surface area contributed by atoms with Crippen LogP contribution in [0.3, 0.4) is 0 Å². The van der Waals surface area contributed by atoms with Crippen LogP contribution in [0.25, 0.3) is 0 Å². The molecule has 1 N–H and O–H groups in total. The van der Waals surface area contributed by atoms with Crippen LogP contribution in [0, 0.1) is 0 Å². The first kappa shape index (κ1) is 13.1. The Kier molecular flexibility index (Phi) is 5.79. The zero-order valence-electron chi connectivity index (χ0n) is 10.2. The Hall–Kier alpha value is 0.0700. The fourth-order valence-electron chi connectivity index (χ4n) is 1.90. The summed E-state index contributed by atoms with van der Waals surface area (Å²) >= 11 is 0. The topological polar surface area (TPSA) is 32.3 Å². The summed E-state index contributed by atoms with van der Waals surface area (Å²) in [6.07, 6.45) is 4.06. The third-order valence-electron chi connectivity index (χ3n) is 3.25. The van der Waals surface area contributed by atoms with E-state index in [4.69, 9.17) is 0 Å². The van der Waals surface area contributed by atoms with Gasteiger partial charge in [-0.1, -0.05) is 13.8 Å². The van der Waals surface area contributed by atoms with Crippen LogP contribution in [0.1, 0.15) is 26.7 Å². The maximum atomic E-state index is 11.2. The summed E-state index contributed by atoms with van der Waals surface area (Å²) in [6.45, 7) is 8.79. The molecule has 0 saturated carbocycles. The molecule has 4 heteroatoms. The fourth-order valence-corrected chi connectivity index (χ4v) is 2.34. The van der Waals surface area contributed by atoms with E-state index in [1.54, 1.807) is 6.26 Å². The zero-order valence-corrected chi connectivity index (χ0v) is 11.0. The molecule has 1 rings (SSSR count). The highest BCUT2D eigenvalue weighted by Gasteiger charge is 2.18. The molecular weight excluding hydrogens is 208 g/mol. The minimum Gasteiger partial charge on any atom is -0.311 e. The lowest BCUT2D eigenvalue weighted by Crippen LogP contribution is -2.50. The Morgan fingerprint density at radius 2 is 2.33 bits per heavy atom. The molecule has 3 atom stereocenters. The van der Waals surface area contributed by atoms with Gasteiger partial charge in [-0.3, -0.25) is 4.21 Å². The van der Waals surface area contributed by atoms with Crippen LogP contribution in [0.2, 0.25) is 0 Å². The Bertz CT molecular complexity index is 211. The molecule has 3 unspecified atom stereocenters. The van der Waals surface area contributed by atoms with E-state index in [0.29, 0.717) is 11.3 Å². The van der Waals surface area contributed by atoms with E-state index >= 15 is 0 Å². The Morgan fingerprint density at radius 3 is 2.93 bits per heavy atom. The van der Waals surface area contributed by atoms with Gasteiger partial charge in [-0.2, -0.15) is 0 Å². The first-order valence-electron chi connectivity index (χ1n) is 5.91. The normalized spacial score (nSPS) is 27.5. The van der Waals surface area contributed by atoms with Gasteiger partial charge in [-0.05, 0) is 19.4 Å². The lowest BCUT2D eigenvalue weighted by atomic mass is 10.1. The summed E-state index contributed by atoms with van der Waals surface area (Å²) < 4.78 is 11.2. The minimum atomic E-state index is -0.667. The van der Waals surface area contributed by atoms with Gasteiger partial charge < -0.3 is 10.2 Å². The van der Waals surface area contributed by atoms with Gasteiger partial charge in [0.25, 0.3) is 0 Å². The van der Waals surface area contributed by atoms with Crippen molar-refractivity contribution >= 4 is 10.8 Å². The summed E-state index contributed by atoms with van der Waals surface area (Å²) in [6, 6.07) is 0.654. The summed E-state index contributed by atoms with van der Waals surface area (Å²) in [5.41, 5.74) is 0. The van der Waals surface area contributed by atoms with Crippen molar-refractivity contribution in [1.29, 1.82) is 0 Å². The SMILES string of the molecule is CCC1CN(CCC(C)S(C)=O)CCN1. The van der Waals surface area contributed by atoms with Gasteiger partial charge >= 0.3 is 0 Å². The second kappa shape index (κ2) is 6.61. The average Bonchev–Trinajstić information content (AvgIpc) is 2.26. The van der Waals surface area contributed by atoms with Gasteiger partial charge in [0.05, 0.1) is 0 Å². The fraction of sp³-hybridized carbons (Fsp3) is 1.00. The van der Waals surface area contributed by atoms with Crippen molar-refractivity contribution in [3.8, 4) is 0 Å². The predicted octanol–water partition coefficient (Wildman–Crippen LogP) is 0.827. The van der Waals surface area contributed by atoms with Gasteiger partial charge in [0.1, 0.15) is 0 Å². The van der Waals surface area contributed by atoms with Crippen molar-refractivity contribution in [2.24, 2.45) is 0 Å². The minimum absolute atomic E-state index is 0.333. The molecule has 15 heavy (non-hydrogen) atoms. The van der Waals surface area contributed by atoms with Gasteiger partial charge in [0.15, 0.2) is 0 Å². The van der Waals surface area contributed by atoms with Gasteiger partial charge in [-0.15, -0.1) is 0 Å². The molecule has 0 aromatic carbocycles. The van der Waals surface area contributed by atoms with Crippen LogP contribution in [0.5, 0.6) is 0 Å². The average molecular weight is 232 g/mol. The van der Waals surface area contributed by atoms with Gasteiger partial charge in [0.2, 0.25) is 0 Å². The summed E-state index contributed by atoms with van der Waals surface area (Å²) in [4.78, 5) is 2.49. The van der Waals surface area contributed by atoms with Crippen molar-refractivity contribution in [1.82, 2.24) is 10.2 Å². The molecule has 0 aromatic rings. The monoisotopic (exact) mass is 232 g/mol. The second-order valence-electron chi connectivity index (χ2n) is 4.46. The van der Waals surface area contributed by atoms with E-state index in [0.717, 1.165) is 32.6 Å². The third-order valence-corrected chi connectivity index (χ3v) is 4.62. The maximum Gasteiger partial charge on any atom is 0.0329 e. The Labute approximate surface area is 96.1 Å². The van der Waals surface area contributed by atoms with E-state index in [1.165, 1.54) is 6.42 Å². The Balaban J connectivity index is 2.23. The highest BCUT2D eigenvalue weighted by molar-refractivity contribution is 7.84. The van der Waals surface area contributed by atoms with E-state index in [2.05, 4.69) is 24.1 Å². The van der Waals surface area contributed by atoms with Crippen LogP contribution >= 0.6 is 0 Å². The highest BCUT2D eigenvalue weighted by Crippen LogP contribution is 2.06. The molecule has 1 fully saturated rings. The number of nitrogens with one attached hydrogen (secondary N) is 1. The number of piperazine rings is 1. The summed E-state index contributed by atoms with van der Waals surface area (Å²) in [5.74, 6) is 0. The first-order valence-corrected chi connectivity index (χ1v) is 7.53. The van der Waals surface area contributed by atoms with Crippen molar-refractivity contribution in [3.05, 3.63) is 0 Å². The lowest BCUT2D eigenvalue weighted by molar-refractivity contribution is 0.195. The molecule has 90 valence electrons. The van der Waals surface area contributed by atoms with E-state index in [9.17, 15) is 4.21 Å². The van der Waals surface area contributed by atoms with Crippen molar-refractivity contribution in [2.45, 2.75) is 38.0 Å². The van der Waals surface area contributed by atoms with Crippen molar-refractivity contribution < 1.29 is 4.21 Å². The molecule has 0 aromatic heterocycles.